The molecule has 2 N–H and O–H groups in total. The fraction of sp³-hybridized carbons (Fsp3) is 0.500. The number of thiazole rings is 1. The molecule has 8 heteroatoms. The number of nitrogens with zero attached hydrogens (tertiary/aromatic N) is 2. The van der Waals surface area contributed by atoms with E-state index >= 15 is 0 Å². The average molecular weight is 516 g/mol. The van der Waals surface area contributed by atoms with E-state index in [9.17, 15) is 0 Å². The molecule has 1 aliphatic carbocycles. The van der Waals surface area contributed by atoms with E-state index in [1.54, 1.807) is 25.5 Å². The Morgan fingerprint density at radius 2 is 2.00 bits per heavy atom. The molecule has 0 atom stereocenters. The Hall–Kier alpha value is -1.55. The van der Waals surface area contributed by atoms with Crippen LogP contribution in [0.2, 0.25) is 0 Å². The molecule has 3 rings (SSSR count). The number of rotatable bonds is 7. The maximum Gasteiger partial charge on any atom is 0.191 e. The van der Waals surface area contributed by atoms with Gasteiger partial charge in [-0.3, -0.25) is 4.99 Å². The van der Waals surface area contributed by atoms with Crippen LogP contribution < -0.4 is 20.1 Å². The van der Waals surface area contributed by atoms with Gasteiger partial charge in [-0.15, -0.1) is 35.3 Å². The molecule has 1 aliphatic rings. The molecule has 0 unspecified atom stereocenters. The van der Waals surface area contributed by atoms with Gasteiger partial charge < -0.3 is 20.1 Å². The maximum atomic E-state index is 6.30. The van der Waals surface area contributed by atoms with Gasteiger partial charge in [0.25, 0.3) is 0 Å². The SMILES string of the molecule is CN=C(NCc1cccc(OC)c1OC1CCCC1)NCc1scnc1C.I. The van der Waals surface area contributed by atoms with Crippen LogP contribution in [0.3, 0.4) is 0 Å². The lowest BCUT2D eigenvalue weighted by Crippen LogP contribution is -2.36. The fourth-order valence-electron chi connectivity index (χ4n) is 3.23. The summed E-state index contributed by atoms with van der Waals surface area (Å²) in [6.07, 6.45) is 4.99. The molecule has 1 aromatic carbocycles. The summed E-state index contributed by atoms with van der Waals surface area (Å²) in [5.41, 5.74) is 3.99. The summed E-state index contributed by atoms with van der Waals surface area (Å²) in [6.45, 7) is 3.34. The van der Waals surface area contributed by atoms with Crippen LogP contribution in [0.25, 0.3) is 0 Å². The summed E-state index contributed by atoms with van der Waals surface area (Å²) in [6, 6.07) is 6.02. The van der Waals surface area contributed by atoms with Gasteiger partial charge in [0.05, 0.1) is 31.0 Å². The van der Waals surface area contributed by atoms with Gasteiger partial charge in [0, 0.05) is 24.0 Å². The second-order valence-electron chi connectivity index (χ2n) is 6.61. The lowest BCUT2D eigenvalue weighted by molar-refractivity contribution is 0.198. The quantitative estimate of drug-likeness (QED) is 0.327. The van der Waals surface area contributed by atoms with E-state index in [0.29, 0.717) is 13.1 Å². The van der Waals surface area contributed by atoms with E-state index in [-0.39, 0.29) is 30.1 Å². The van der Waals surface area contributed by atoms with E-state index in [2.05, 4.69) is 26.7 Å². The highest BCUT2D eigenvalue weighted by Crippen LogP contribution is 2.34. The highest BCUT2D eigenvalue weighted by Gasteiger charge is 2.20. The molecule has 1 aromatic heterocycles. The van der Waals surface area contributed by atoms with E-state index in [0.717, 1.165) is 41.6 Å². The number of aromatic nitrogens is 1. The topological polar surface area (TPSA) is 67.8 Å². The Morgan fingerprint density at radius 3 is 2.64 bits per heavy atom. The standard InChI is InChI=1S/C20H28N4O2S.HI/c1-14-18(27-13-24-14)12-23-20(21-2)22-11-15-7-6-10-17(25-3)19(15)26-16-8-4-5-9-16;/h6-7,10,13,16H,4-5,8-9,11-12H2,1-3H3,(H2,21,22,23);1H. The minimum atomic E-state index is 0. The number of hydrogen-bond acceptors (Lipinski definition) is 5. The largest absolute Gasteiger partial charge is 0.493 e. The van der Waals surface area contributed by atoms with Crippen LogP contribution in [0.5, 0.6) is 11.5 Å². The molecule has 1 heterocycles. The van der Waals surface area contributed by atoms with Crippen molar-refractivity contribution in [2.45, 2.75) is 51.8 Å². The maximum absolute atomic E-state index is 6.30. The summed E-state index contributed by atoms with van der Waals surface area (Å²) >= 11 is 1.65. The second-order valence-corrected chi connectivity index (χ2v) is 7.55. The Bertz CT molecular complexity index is 775. The predicted molar refractivity (Wildman–Crippen MR) is 125 cm³/mol. The van der Waals surface area contributed by atoms with Crippen molar-refractivity contribution < 1.29 is 9.47 Å². The molecule has 6 nitrogen and oxygen atoms in total. The molecule has 0 saturated heterocycles. The zero-order valence-corrected chi connectivity index (χ0v) is 19.8. The van der Waals surface area contributed by atoms with Crippen LogP contribution in [0, 0.1) is 6.92 Å². The first-order chi connectivity index (χ1) is 13.2. The van der Waals surface area contributed by atoms with Gasteiger partial charge in [-0.1, -0.05) is 12.1 Å². The second kappa shape index (κ2) is 11.5. The zero-order chi connectivity index (χ0) is 19.1. The Kier molecular flexibility index (Phi) is 9.30. The number of aliphatic imine (C=N–C) groups is 1. The fourth-order valence-corrected chi connectivity index (χ4v) is 3.94. The predicted octanol–water partition coefficient (Wildman–Crippen LogP) is 4.26. The number of methoxy groups -OCH3 is 1. The first kappa shape index (κ1) is 22.7. The van der Waals surface area contributed by atoms with Crippen molar-refractivity contribution in [3.8, 4) is 11.5 Å². The van der Waals surface area contributed by atoms with Crippen LogP contribution in [0.15, 0.2) is 28.7 Å². The van der Waals surface area contributed by atoms with E-state index in [4.69, 9.17) is 9.47 Å². The van der Waals surface area contributed by atoms with Crippen molar-refractivity contribution >= 4 is 41.3 Å². The number of hydrogen-bond donors (Lipinski definition) is 2. The molecule has 0 bridgehead atoms. The summed E-state index contributed by atoms with van der Waals surface area (Å²) < 4.78 is 11.8. The van der Waals surface area contributed by atoms with Gasteiger partial charge in [0.15, 0.2) is 17.5 Å². The van der Waals surface area contributed by atoms with E-state index in [1.807, 2.05) is 24.6 Å². The molecular weight excluding hydrogens is 487 g/mol. The number of para-hydroxylation sites is 1. The van der Waals surface area contributed by atoms with Gasteiger partial charge in [-0.05, 0) is 38.7 Å². The number of guanidine groups is 1. The number of halogens is 1. The van der Waals surface area contributed by atoms with Gasteiger partial charge in [0.2, 0.25) is 0 Å². The van der Waals surface area contributed by atoms with Crippen LogP contribution in [0.4, 0.5) is 0 Å². The monoisotopic (exact) mass is 516 g/mol. The molecule has 28 heavy (non-hydrogen) atoms. The molecule has 1 saturated carbocycles. The van der Waals surface area contributed by atoms with Gasteiger partial charge >= 0.3 is 0 Å². The third-order valence-corrected chi connectivity index (χ3v) is 5.73. The summed E-state index contributed by atoms with van der Waals surface area (Å²) in [4.78, 5) is 9.81. The Morgan fingerprint density at radius 1 is 1.25 bits per heavy atom. The normalized spacial score (nSPS) is 14.5. The molecule has 154 valence electrons. The Labute approximate surface area is 188 Å². The minimum absolute atomic E-state index is 0. The highest BCUT2D eigenvalue weighted by atomic mass is 127. The number of benzene rings is 1. The highest BCUT2D eigenvalue weighted by molar-refractivity contribution is 14.0. The van der Waals surface area contributed by atoms with Gasteiger partial charge in [0.1, 0.15) is 0 Å². The van der Waals surface area contributed by atoms with Gasteiger partial charge in [-0.2, -0.15) is 0 Å². The number of nitrogens with one attached hydrogen (secondary N) is 2. The number of ether oxygens (including phenoxy) is 2. The zero-order valence-electron chi connectivity index (χ0n) is 16.7. The average Bonchev–Trinajstić information content (AvgIpc) is 3.34. The van der Waals surface area contributed by atoms with Crippen LogP contribution >= 0.6 is 35.3 Å². The first-order valence-corrected chi connectivity index (χ1v) is 10.2. The summed E-state index contributed by atoms with van der Waals surface area (Å²) in [5.74, 6) is 2.37. The van der Waals surface area contributed by atoms with E-state index < -0.39 is 0 Å². The van der Waals surface area contributed by atoms with Crippen molar-refractivity contribution in [1.29, 1.82) is 0 Å². The van der Waals surface area contributed by atoms with Crippen molar-refractivity contribution in [1.82, 2.24) is 15.6 Å². The molecule has 0 radical (unpaired) electrons. The van der Waals surface area contributed by atoms with Crippen molar-refractivity contribution in [2.75, 3.05) is 14.2 Å². The number of aryl methyl sites for hydroxylation is 1. The summed E-state index contributed by atoms with van der Waals surface area (Å²) in [7, 11) is 3.46. The third-order valence-electron chi connectivity index (χ3n) is 4.80. The molecular formula is C20H29IN4O2S. The van der Waals surface area contributed by atoms with Crippen molar-refractivity contribution in [3.05, 3.63) is 39.8 Å². The smallest absolute Gasteiger partial charge is 0.191 e. The molecule has 2 aromatic rings. The molecule has 0 spiro atoms. The van der Waals surface area contributed by atoms with Crippen molar-refractivity contribution in [3.63, 3.8) is 0 Å². The molecule has 1 fully saturated rings. The molecule has 0 amide bonds. The summed E-state index contributed by atoms with van der Waals surface area (Å²) in [5, 5.41) is 6.71. The van der Waals surface area contributed by atoms with Crippen LogP contribution in [-0.4, -0.2) is 31.2 Å². The van der Waals surface area contributed by atoms with Crippen molar-refractivity contribution in [2.24, 2.45) is 4.99 Å². The van der Waals surface area contributed by atoms with Gasteiger partial charge in [-0.25, -0.2) is 4.98 Å². The van der Waals surface area contributed by atoms with Crippen LogP contribution in [-0.2, 0) is 13.1 Å². The molecule has 0 aliphatic heterocycles. The Balaban J connectivity index is 0.00000280. The first-order valence-electron chi connectivity index (χ1n) is 9.37. The minimum Gasteiger partial charge on any atom is -0.493 e. The van der Waals surface area contributed by atoms with E-state index in [1.165, 1.54) is 17.7 Å². The lowest BCUT2D eigenvalue weighted by Gasteiger charge is -2.20. The lowest BCUT2D eigenvalue weighted by atomic mass is 10.1. The third kappa shape index (κ3) is 5.97. The van der Waals surface area contributed by atoms with Crippen LogP contribution in [0.1, 0.15) is 41.8 Å².